The maximum Gasteiger partial charge on any atom is 0.227 e. The van der Waals surface area contributed by atoms with Crippen molar-refractivity contribution >= 4 is 29.2 Å². The topological polar surface area (TPSA) is 64.7 Å². The molecule has 0 aliphatic heterocycles. The number of nitrogens with two attached hydrogens (primary N) is 1. The molecule has 66 valence electrons. The molecule has 0 radical (unpaired) electrons. The lowest BCUT2D eigenvalue weighted by molar-refractivity contribution is 0.688. The van der Waals surface area contributed by atoms with Crippen molar-refractivity contribution in [3.8, 4) is 0 Å². The van der Waals surface area contributed by atoms with E-state index in [9.17, 15) is 0 Å². The highest BCUT2D eigenvalue weighted by Gasteiger charge is 2.21. The van der Waals surface area contributed by atoms with E-state index < -0.39 is 4.87 Å². The molecule has 0 amide bonds. The number of aromatic nitrogens is 3. The fourth-order valence-corrected chi connectivity index (χ4v) is 0.882. The van der Waals surface area contributed by atoms with Crippen LogP contribution >= 0.6 is 23.2 Å². The van der Waals surface area contributed by atoms with Gasteiger partial charge in [0.2, 0.25) is 11.2 Å². The quantitative estimate of drug-likeness (QED) is 0.710. The van der Waals surface area contributed by atoms with Gasteiger partial charge in [0.05, 0.1) is 4.87 Å². The number of hydrogen-bond donors (Lipinski definition) is 1. The van der Waals surface area contributed by atoms with Crippen LogP contribution in [0.1, 0.15) is 19.7 Å². The van der Waals surface area contributed by atoms with Crippen LogP contribution in [0.3, 0.4) is 0 Å². The summed E-state index contributed by atoms with van der Waals surface area (Å²) in [5.74, 6) is 0.459. The van der Waals surface area contributed by atoms with Gasteiger partial charge in [0.25, 0.3) is 0 Å². The van der Waals surface area contributed by atoms with E-state index >= 15 is 0 Å². The van der Waals surface area contributed by atoms with Gasteiger partial charge in [-0.2, -0.15) is 9.97 Å². The van der Waals surface area contributed by atoms with Gasteiger partial charge in [-0.3, -0.25) is 0 Å². The first-order valence-corrected chi connectivity index (χ1v) is 4.01. The van der Waals surface area contributed by atoms with E-state index in [0.29, 0.717) is 5.82 Å². The van der Waals surface area contributed by atoms with Crippen LogP contribution in [0.15, 0.2) is 0 Å². The molecule has 0 aromatic carbocycles. The van der Waals surface area contributed by atoms with Crippen molar-refractivity contribution < 1.29 is 0 Å². The standard InChI is InChI=1S/C6H8Cl2N4/c1-6(2,8)3-10-4(7)12-5(9)11-3/h1-2H3,(H2,9,10,11,12). The first kappa shape index (κ1) is 9.48. The second-order valence-electron chi connectivity index (χ2n) is 2.76. The molecule has 12 heavy (non-hydrogen) atoms. The summed E-state index contributed by atoms with van der Waals surface area (Å²) in [4.78, 5) is 10.6. The molecule has 0 aliphatic carbocycles. The average molecular weight is 207 g/mol. The minimum atomic E-state index is -0.680. The molecule has 2 N–H and O–H groups in total. The van der Waals surface area contributed by atoms with Crippen molar-refractivity contribution in [1.29, 1.82) is 0 Å². The van der Waals surface area contributed by atoms with Crippen LogP contribution in [-0.4, -0.2) is 15.0 Å². The largest absolute Gasteiger partial charge is 0.368 e. The zero-order valence-electron chi connectivity index (χ0n) is 6.67. The minimum absolute atomic E-state index is 0.0613. The number of rotatable bonds is 1. The zero-order chi connectivity index (χ0) is 9.35. The summed E-state index contributed by atoms with van der Waals surface area (Å²) in [6.45, 7) is 3.50. The van der Waals surface area contributed by atoms with E-state index in [1.807, 2.05) is 0 Å². The molecule has 0 saturated carbocycles. The Bertz CT molecular complexity index is 274. The van der Waals surface area contributed by atoms with Gasteiger partial charge in [0.15, 0.2) is 5.82 Å². The monoisotopic (exact) mass is 206 g/mol. The molecule has 1 rings (SSSR count). The molecule has 6 heteroatoms. The Morgan fingerprint density at radius 2 is 1.83 bits per heavy atom. The van der Waals surface area contributed by atoms with E-state index in [-0.39, 0.29) is 11.2 Å². The summed E-state index contributed by atoms with van der Waals surface area (Å²) in [6, 6.07) is 0. The van der Waals surface area contributed by atoms with Crippen LogP contribution in [-0.2, 0) is 4.87 Å². The summed E-state index contributed by atoms with van der Waals surface area (Å²) in [6.07, 6.45) is 0. The highest BCUT2D eigenvalue weighted by atomic mass is 35.5. The lowest BCUT2D eigenvalue weighted by Crippen LogP contribution is -2.15. The number of nitrogen functional groups attached to an aromatic ring is 1. The molecule has 0 bridgehead atoms. The van der Waals surface area contributed by atoms with Gasteiger partial charge >= 0.3 is 0 Å². The normalized spacial score (nSPS) is 11.7. The Kier molecular flexibility index (Phi) is 2.39. The Morgan fingerprint density at radius 3 is 2.25 bits per heavy atom. The molecule has 4 nitrogen and oxygen atoms in total. The van der Waals surface area contributed by atoms with Gasteiger partial charge in [-0.25, -0.2) is 4.98 Å². The molecule has 0 atom stereocenters. The van der Waals surface area contributed by atoms with Crippen molar-refractivity contribution in [2.75, 3.05) is 5.73 Å². The minimum Gasteiger partial charge on any atom is -0.368 e. The maximum absolute atomic E-state index is 5.94. The van der Waals surface area contributed by atoms with Crippen LogP contribution in [0.2, 0.25) is 5.28 Å². The van der Waals surface area contributed by atoms with Gasteiger partial charge in [0.1, 0.15) is 0 Å². The van der Waals surface area contributed by atoms with Crippen molar-refractivity contribution in [3.05, 3.63) is 11.1 Å². The number of hydrogen-bond acceptors (Lipinski definition) is 4. The second kappa shape index (κ2) is 3.03. The predicted octanol–water partition coefficient (Wildman–Crippen LogP) is 1.58. The number of halogens is 2. The highest BCUT2D eigenvalue weighted by molar-refractivity contribution is 6.28. The van der Waals surface area contributed by atoms with Gasteiger partial charge in [0, 0.05) is 0 Å². The van der Waals surface area contributed by atoms with E-state index in [2.05, 4.69) is 15.0 Å². The van der Waals surface area contributed by atoms with E-state index in [1.54, 1.807) is 13.8 Å². The van der Waals surface area contributed by atoms with Crippen LogP contribution < -0.4 is 5.73 Å². The molecule has 0 saturated heterocycles. The molecular weight excluding hydrogens is 199 g/mol. The van der Waals surface area contributed by atoms with Crippen LogP contribution in [0.5, 0.6) is 0 Å². The summed E-state index contributed by atoms with van der Waals surface area (Å²) >= 11 is 11.5. The highest BCUT2D eigenvalue weighted by Crippen LogP contribution is 2.24. The number of nitrogens with zero attached hydrogens (tertiary/aromatic N) is 3. The fourth-order valence-electron chi connectivity index (χ4n) is 0.631. The zero-order valence-corrected chi connectivity index (χ0v) is 8.19. The maximum atomic E-state index is 5.94. The number of anilines is 1. The van der Waals surface area contributed by atoms with Gasteiger partial charge in [-0.15, -0.1) is 11.6 Å². The van der Waals surface area contributed by atoms with Crippen molar-refractivity contribution in [2.24, 2.45) is 0 Å². The van der Waals surface area contributed by atoms with Crippen LogP contribution in [0.25, 0.3) is 0 Å². The van der Waals surface area contributed by atoms with Crippen molar-refractivity contribution in [3.63, 3.8) is 0 Å². The average Bonchev–Trinajstić information content (AvgIpc) is 1.82. The third-order valence-corrected chi connectivity index (χ3v) is 1.50. The number of alkyl halides is 1. The second-order valence-corrected chi connectivity index (χ2v) is 4.04. The predicted molar refractivity (Wildman–Crippen MR) is 48.1 cm³/mol. The molecule has 0 aliphatic rings. The summed E-state index contributed by atoms with van der Waals surface area (Å²) < 4.78 is 0. The molecule has 1 heterocycles. The summed E-state index contributed by atoms with van der Waals surface area (Å²) in [5.41, 5.74) is 5.35. The molecule has 0 unspecified atom stereocenters. The van der Waals surface area contributed by atoms with Crippen molar-refractivity contribution in [1.82, 2.24) is 15.0 Å². The Morgan fingerprint density at radius 1 is 1.25 bits per heavy atom. The summed E-state index contributed by atoms with van der Waals surface area (Å²) in [7, 11) is 0. The Hall–Kier alpha value is -0.610. The van der Waals surface area contributed by atoms with Gasteiger partial charge in [-0.1, -0.05) is 0 Å². The third-order valence-electron chi connectivity index (χ3n) is 1.16. The fraction of sp³-hybridized carbons (Fsp3) is 0.500. The molecular formula is C6H8Cl2N4. The lowest BCUT2D eigenvalue weighted by Gasteiger charge is -2.13. The lowest BCUT2D eigenvalue weighted by atomic mass is 10.2. The van der Waals surface area contributed by atoms with Crippen molar-refractivity contribution in [2.45, 2.75) is 18.7 Å². The molecule has 1 aromatic rings. The van der Waals surface area contributed by atoms with Crippen LogP contribution in [0, 0.1) is 0 Å². The summed E-state index contributed by atoms with van der Waals surface area (Å²) in [5, 5.41) is 0.0613. The molecule has 0 spiro atoms. The van der Waals surface area contributed by atoms with Crippen LogP contribution in [0.4, 0.5) is 5.95 Å². The van der Waals surface area contributed by atoms with Gasteiger partial charge in [-0.05, 0) is 25.4 Å². The first-order valence-electron chi connectivity index (χ1n) is 3.26. The smallest absolute Gasteiger partial charge is 0.227 e. The SMILES string of the molecule is CC(C)(Cl)c1nc(N)nc(Cl)n1. The van der Waals surface area contributed by atoms with Gasteiger partial charge < -0.3 is 5.73 Å². The Balaban J connectivity index is 3.18. The Labute approximate surface area is 80.1 Å². The van der Waals surface area contributed by atoms with E-state index in [1.165, 1.54) is 0 Å². The first-order chi connectivity index (χ1) is 5.39. The van der Waals surface area contributed by atoms with E-state index in [0.717, 1.165) is 0 Å². The van der Waals surface area contributed by atoms with E-state index in [4.69, 9.17) is 28.9 Å². The molecule has 0 fully saturated rings. The third kappa shape index (κ3) is 2.19. The molecule has 1 aromatic heterocycles.